The molecule has 4 aromatic carbocycles. The van der Waals surface area contributed by atoms with Gasteiger partial charge < -0.3 is 29.8 Å². The van der Waals surface area contributed by atoms with E-state index in [1.807, 2.05) is 30.3 Å². The van der Waals surface area contributed by atoms with E-state index >= 15 is 0 Å². The number of fused-ring (bicyclic) bond motifs is 1. The zero-order valence-electron chi connectivity index (χ0n) is 27.4. The van der Waals surface area contributed by atoms with Gasteiger partial charge in [-0.25, -0.2) is 4.98 Å². The molecule has 0 atom stereocenters. The molecule has 0 radical (unpaired) electrons. The molecule has 0 aliphatic carbocycles. The first-order valence-corrected chi connectivity index (χ1v) is 14.3. The molecule has 1 heterocycles. The van der Waals surface area contributed by atoms with E-state index in [4.69, 9.17) is 10.3 Å². The first-order valence-electron chi connectivity index (χ1n) is 14.3. The molecule has 0 fully saturated rings. The summed E-state index contributed by atoms with van der Waals surface area (Å²) in [6.45, 7) is 15.2. The van der Waals surface area contributed by atoms with E-state index in [0.29, 0.717) is 17.6 Å². The molecule has 5 rings (SSSR count). The number of aryl methyl sites for hydroxylation is 2. The Morgan fingerprint density at radius 2 is 1.21 bits per heavy atom. The van der Waals surface area contributed by atoms with Crippen LogP contribution in [0.1, 0.15) is 81.5 Å². The predicted molar refractivity (Wildman–Crippen MR) is 182 cm³/mol. The Balaban J connectivity index is 0.00000215. The number of benzene rings is 4. The van der Waals surface area contributed by atoms with E-state index in [1.54, 1.807) is 0 Å². The van der Waals surface area contributed by atoms with E-state index in [2.05, 4.69) is 103 Å². The minimum atomic E-state index is 0. The number of aromatic nitrogens is 2. The Labute approximate surface area is 278 Å². The molecule has 0 saturated carbocycles. The van der Waals surface area contributed by atoms with Gasteiger partial charge in [0.25, 0.3) is 0 Å². The smallest absolute Gasteiger partial charge is 0.141 e. The third-order valence-corrected chi connectivity index (χ3v) is 7.83. The summed E-state index contributed by atoms with van der Waals surface area (Å²) in [5.74, 6) is 2.13. The summed E-state index contributed by atoms with van der Waals surface area (Å²) >= 11 is 0. The van der Waals surface area contributed by atoms with Crippen molar-refractivity contribution in [3.8, 4) is 28.3 Å². The number of rotatable bonds is 7. The van der Waals surface area contributed by atoms with Crippen molar-refractivity contribution in [2.45, 2.75) is 66.2 Å². The topological polar surface area (TPSA) is 52.1 Å². The second kappa shape index (κ2) is 14.5. The third kappa shape index (κ3) is 6.82. The van der Waals surface area contributed by atoms with Crippen LogP contribution in [0.3, 0.4) is 0 Å². The van der Waals surface area contributed by atoms with Crippen LogP contribution in [0.25, 0.3) is 38.9 Å². The zero-order valence-corrected chi connectivity index (χ0v) is 31.0. The van der Waals surface area contributed by atoms with Gasteiger partial charge in [-0.2, -0.15) is 0 Å². The van der Waals surface area contributed by atoms with Crippen LogP contribution in [0, 0.1) is 21.8 Å². The normalized spacial score (nSPS) is 11.0. The number of imidazole rings is 1. The van der Waals surface area contributed by atoms with Crippen LogP contribution >= 0.6 is 0 Å². The van der Waals surface area contributed by atoms with Gasteiger partial charge in [-0.1, -0.05) is 125 Å². The Morgan fingerprint density at radius 1 is 0.698 bits per heavy atom. The number of nitrogens with zero attached hydrogens (tertiary/aromatic N) is 3. The quantitative estimate of drug-likeness (QED) is 0.133. The Hall–Kier alpha value is -3.18. The molecular formula is C38H46HfN3O-3. The molecule has 0 aliphatic rings. The van der Waals surface area contributed by atoms with Gasteiger partial charge in [0.15, 0.2) is 0 Å². The summed E-state index contributed by atoms with van der Waals surface area (Å²) in [7, 11) is 2.07. The summed E-state index contributed by atoms with van der Waals surface area (Å²) in [6.07, 6.45) is 0. The molecule has 0 saturated heterocycles. The summed E-state index contributed by atoms with van der Waals surface area (Å²) in [4.78, 5) is 5.23. The van der Waals surface area contributed by atoms with Crippen LogP contribution in [0.15, 0.2) is 72.8 Å². The SMILES string of the molecule is Cc1cc([N-]c2c(C(C)C)cccc2C(C)C)c2nc(-c3ccccc3-c3cccc(C(C)C)c3O)n(C)c2c1.[CH3-].[CH3-].[Hf]. The molecule has 0 amide bonds. The minimum absolute atomic E-state index is 0. The zero-order chi connectivity index (χ0) is 28.7. The number of phenols is 1. The van der Waals surface area contributed by atoms with Crippen molar-refractivity contribution in [1.29, 1.82) is 0 Å². The van der Waals surface area contributed by atoms with Crippen LogP contribution in [-0.2, 0) is 32.9 Å². The predicted octanol–water partition coefficient (Wildman–Crippen LogP) is 11.5. The molecule has 0 spiro atoms. The summed E-state index contributed by atoms with van der Waals surface area (Å²) < 4.78 is 2.15. The van der Waals surface area contributed by atoms with Gasteiger partial charge >= 0.3 is 0 Å². The van der Waals surface area contributed by atoms with Crippen molar-refractivity contribution in [3.63, 3.8) is 0 Å². The summed E-state index contributed by atoms with van der Waals surface area (Å²) in [5.41, 5.74) is 11.2. The second-order valence-corrected chi connectivity index (χ2v) is 11.8. The van der Waals surface area contributed by atoms with Crippen LogP contribution in [-0.4, -0.2) is 14.7 Å². The number of hydrogen-bond donors (Lipinski definition) is 1. The Morgan fingerprint density at radius 3 is 1.79 bits per heavy atom. The van der Waals surface area contributed by atoms with E-state index in [9.17, 15) is 5.11 Å². The molecule has 0 unspecified atom stereocenters. The Kier molecular flexibility index (Phi) is 12.2. The fraction of sp³-hybridized carbons (Fsp3) is 0.289. The fourth-order valence-corrected chi connectivity index (χ4v) is 5.65. The summed E-state index contributed by atoms with van der Waals surface area (Å²) in [5, 5.41) is 16.6. The maximum Gasteiger partial charge on any atom is 0.141 e. The first kappa shape index (κ1) is 36.0. The molecule has 43 heavy (non-hydrogen) atoms. The number of para-hydroxylation sites is 2. The van der Waals surface area contributed by atoms with Gasteiger partial charge in [0.2, 0.25) is 0 Å². The molecule has 0 bridgehead atoms. The molecule has 1 aromatic heterocycles. The largest absolute Gasteiger partial charge is 0.656 e. The fourth-order valence-electron chi connectivity index (χ4n) is 5.65. The van der Waals surface area contributed by atoms with Gasteiger partial charge in [0, 0.05) is 44.0 Å². The number of hydrogen-bond acceptors (Lipinski definition) is 2. The molecular weight excluding hydrogens is 693 g/mol. The van der Waals surface area contributed by atoms with Crippen LogP contribution < -0.4 is 0 Å². The van der Waals surface area contributed by atoms with Crippen molar-refractivity contribution in [3.05, 3.63) is 115 Å². The van der Waals surface area contributed by atoms with E-state index in [1.165, 1.54) is 11.1 Å². The van der Waals surface area contributed by atoms with Crippen molar-refractivity contribution in [2.75, 3.05) is 0 Å². The number of aromatic hydroxyl groups is 1. The standard InChI is InChI=1S/C36H40N3O.2CH3.Hf/c1-21(2)25-15-11-16-26(22(3)4)33(25)37-31-19-24(7)20-32-34(31)38-36(39(32)8)30-14-10-9-13-28(30)29-18-12-17-27(23(5)6)35(29)40;;;/h9-23H,1-8H3,(H,38,40);2*1H3;/q3*-1;. The van der Waals surface area contributed by atoms with Crippen LogP contribution in [0.5, 0.6) is 5.75 Å². The maximum atomic E-state index is 11.2. The monoisotopic (exact) mass is 740 g/mol. The van der Waals surface area contributed by atoms with Gasteiger partial charge in [0.05, 0.1) is 11.0 Å². The second-order valence-electron chi connectivity index (χ2n) is 11.8. The average molecular weight is 739 g/mol. The van der Waals surface area contributed by atoms with Gasteiger partial charge in [-0.3, -0.25) is 0 Å². The van der Waals surface area contributed by atoms with E-state index in [0.717, 1.165) is 56.0 Å². The van der Waals surface area contributed by atoms with Crippen molar-refractivity contribution in [2.24, 2.45) is 7.05 Å². The molecule has 4 nitrogen and oxygen atoms in total. The molecule has 0 aliphatic heterocycles. The third-order valence-electron chi connectivity index (χ3n) is 7.83. The molecule has 5 aromatic rings. The van der Waals surface area contributed by atoms with Gasteiger partial charge in [0.1, 0.15) is 11.6 Å². The Bertz CT molecular complexity index is 1670. The van der Waals surface area contributed by atoms with Gasteiger partial charge in [-0.05, 0) is 41.9 Å². The molecule has 1 N–H and O–H groups in total. The van der Waals surface area contributed by atoms with Crippen LogP contribution in [0.4, 0.5) is 11.4 Å². The van der Waals surface area contributed by atoms with E-state index in [-0.39, 0.29) is 46.6 Å². The minimum Gasteiger partial charge on any atom is -0.656 e. The molecule has 5 heteroatoms. The van der Waals surface area contributed by atoms with Crippen LogP contribution in [0.2, 0.25) is 0 Å². The van der Waals surface area contributed by atoms with Crippen molar-refractivity contribution < 1.29 is 30.9 Å². The number of phenolic OH excluding ortho intramolecular Hbond substituents is 1. The van der Waals surface area contributed by atoms with E-state index < -0.39 is 0 Å². The van der Waals surface area contributed by atoms with Crippen molar-refractivity contribution >= 4 is 22.4 Å². The van der Waals surface area contributed by atoms with Gasteiger partial charge in [-0.15, -0.1) is 11.4 Å². The van der Waals surface area contributed by atoms with Crippen molar-refractivity contribution in [1.82, 2.24) is 9.55 Å². The first-order chi connectivity index (χ1) is 19.1. The summed E-state index contributed by atoms with van der Waals surface area (Å²) in [6, 6.07) is 25.1. The average Bonchev–Trinajstić information content (AvgIpc) is 3.24. The molecule has 226 valence electrons. The maximum absolute atomic E-state index is 11.2.